The molecule has 2 saturated heterocycles. The zero-order valence-electron chi connectivity index (χ0n) is 18.0. The van der Waals surface area contributed by atoms with E-state index in [1.165, 1.54) is 12.1 Å². The fourth-order valence-corrected chi connectivity index (χ4v) is 4.50. The average Bonchev–Trinajstić information content (AvgIpc) is 2.85. The summed E-state index contributed by atoms with van der Waals surface area (Å²) in [7, 11) is 0. The van der Waals surface area contributed by atoms with E-state index < -0.39 is 0 Å². The molecular formula is C25H28N4O3. The molecular weight excluding hydrogens is 404 g/mol. The summed E-state index contributed by atoms with van der Waals surface area (Å²) in [5, 5.41) is 21.5. The van der Waals surface area contributed by atoms with Crippen molar-refractivity contribution in [2.24, 2.45) is 5.92 Å². The van der Waals surface area contributed by atoms with Crippen LogP contribution in [-0.4, -0.2) is 54.0 Å². The van der Waals surface area contributed by atoms with Gasteiger partial charge in [0, 0.05) is 49.4 Å². The molecule has 2 fully saturated rings. The highest BCUT2D eigenvalue weighted by molar-refractivity contribution is 5.98. The van der Waals surface area contributed by atoms with Gasteiger partial charge in [-0.05, 0) is 74.2 Å². The largest absolute Gasteiger partial charge is 0.508 e. The molecule has 2 N–H and O–H groups in total. The van der Waals surface area contributed by atoms with Crippen molar-refractivity contribution in [2.45, 2.75) is 31.7 Å². The van der Waals surface area contributed by atoms with E-state index in [0.29, 0.717) is 37.1 Å². The Morgan fingerprint density at radius 1 is 0.906 bits per heavy atom. The average molecular weight is 433 g/mol. The number of piperidine rings is 2. The summed E-state index contributed by atoms with van der Waals surface area (Å²) in [5.41, 5.74) is 2.37. The van der Waals surface area contributed by atoms with Crippen LogP contribution < -0.4 is 10.2 Å². The van der Waals surface area contributed by atoms with Crippen LogP contribution in [0.2, 0.25) is 0 Å². The maximum Gasteiger partial charge on any atom is 0.317 e. The summed E-state index contributed by atoms with van der Waals surface area (Å²) in [6.45, 7) is 2.87. The fraction of sp³-hybridized carbons (Fsp3) is 0.400. The van der Waals surface area contributed by atoms with Crippen molar-refractivity contribution in [3.8, 4) is 11.8 Å². The number of aromatic hydroxyl groups is 1. The van der Waals surface area contributed by atoms with Crippen molar-refractivity contribution in [1.82, 2.24) is 10.2 Å². The Bertz CT molecular complexity index is 981. The number of anilines is 1. The number of amides is 2. The summed E-state index contributed by atoms with van der Waals surface area (Å²) < 4.78 is 0. The van der Waals surface area contributed by atoms with E-state index >= 15 is 0 Å². The first-order valence-electron chi connectivity index (χ1n) is 11.2. The smallest absolute Gasteiger partial charge is 0.317 e. The zero-order valence-corrected chi connectivity index (χ0v) is 18.0. The Kier molecular flexibility index (Phi) is 6.60. The van der Waals surface area contributed by atoms with Crippen LogP contribution in [0.3, 0.4) is 0 Å². The van der Waals surface area contributed by atoms with Gasteiger partial charge >= 0.3 is 6.03 Å². The van der Waals surface area contributed by atoms with E-state index in [2.05, 4.69) is 16.3 Å². The Hall–Kier alpha value is -3.53. The van der Waals surface area contributed by atoms with Gasteiger partial charge in [0.15, 0.2) is 5.78 Å². The SMILES string of the molecule is N#Cc1ccc(N2CCC(NC(=O)N3CCC(C(=O)c4ccc(O)cc4)CC3)CC2)cc1. The van der Waals surface area contributed by atoms with Gasteiger partial charge in [-0.15, -0.1) is 0 Å². The number of benzene rings is 2. The van der Waals surface area contributed by atoms with Crippen molar-refractivity contribution < 1.29 is 14.7 Å². The lowest BCUT2D eigenvalue weighted by molar-refractivity contribution is 0.0853. The van der Waals surface area contributed by atoms with Crippen LogP contribution >= 0.6 is 0 Å². The number of nitriles is 1. The molecule has 0 unspecified atom stereocenters. The van der Waals surface area contributed by atoms with Gasteiger partial charge in [-0.2, -0.15) is 5.26 Å². The van der Waals surface area contributed by atoms with Gasteiger partial charge in [-0.3, -0.25) is 4.79 Å². The molecule has 2 aliphatic heterocycles. The molecule has 166 valence electrons. The number of phenolic OH excluding ortho intramolecular Hbond substituents is 1. The van der Waals surface area contributed by atoms with Crippen molar-refractivity contribution in [1.29, 1.82) is 5.26 Å². The number of likely N-dealkylation sites (tertiary alicyclic amines) is 1. The number of carbonyl (C=O) groups is 2. The second kappa shape index (κ2) is 9.73. The number of carbonyl (C=O) groups excluding carboxylic acids is 2. The lowest BCUT2D eigenvalue weighted by atomic mass is 9.89. The van der Waals surface area contributed by atoms with Crippen LogP contribution in [0.5, 0.6) is 5.75 Å². The van der Waals surface area contributed by atoms with Crippen molar-refractivity contribution >= 4 is 17.5 Å². The number of hydrogen-bond acceptors (Lipinski definition) is 5. The highest BCUT2D eigenvalue weighted by Gasteiger charge is 2.29. The minimum atomic E-state index is -0.0840. The number of ketones is 1. The molecule has 4 rings (SSSR count). The van der Waals surface area contributed by atoms with Gasteiger partial charge in [-0.1, -0.05) is 0 Å². The van der Waals surface area contributed by atoms with Crippen LogP contribution in [0.25, 0.3) is 0 Å². The van der Waals surface area contributed by atoms with Gasteiger partial charge in [0.25, 0.3) is 0 Å². The quantitative estimate of drug-likeness (QED) is 0.721. The molecule has 0 aliphatic carbocycles. The standard InChI is InChI=1S/C25H28N4O3/c26-17-18-1-5-22(6-2-18)28-15-11-21(12-16-28)27-25(32)29-13-9-20(10-14-29)24(31)19-3-7-23(30)8-4-19/h1-8,20-21,30H,9-16H2,(H,27,32). The molecule has 2 amide bonds. The molecule has 2 aromatic rings. The number of phenols is 1. The third-order valence-electron chi connectivity index (χ3n) is 6.49. The van der Waals surface area contributed by atoms with Crippen LogP contribution in [0, 0.1) is 17.2 Å². The fourth-order valence-electron chi connectivity index (χ4n) is 4.50. The monoisotopic (exact) mass is 432 g/mol. The summed E-state index contributed by atoms with van der Waals surface area (Å²) in [6, 6.07) is 16.2. The van der Waals surface area contributed by atoms with E-state index in [9.17, 15) is 14.7 Å². The number of hydrogen-bond donors (Lipinski definition) is 2. The summed E-state index contributed by atoms with van der Waals surface area (Å²) in [6.07, 6.45) is 3.07. The van der Waals surface area contributed by atoms with Gasteiger partial charge in [0.1, 0.15) is 5.75 Å². The Balaban J connectivity index is 1.22. The second-order valence-corrected chi connectivity index (χ2v) is 8.54. The number of nitrogens with zero attached hydrogens (tertiary/aromatic N) is 3. The summed E-state index contributed by atoms with van der Waals surface area (Å²) >= 11 is 0. The van der Waals surface area contributed by atoms with Crippen molar-refractivity contribution in [3.05, 3.63) is 59.7 Å². The van der Waals surface area contributed by atoms with Crippen molar-refractivity contribution in [2.75, 3.05) is 31.1 Å². The van der Waals surface area contributed by atoms with Crippen LogP contribution in [0.1, 0.15) is 41.6 Å². The number of Topliss-reactive ketones (excluding diaryl/α,β-unsaturated/α-hetero) is 1. The molecule has 2 aromatic carbocycles. The Labute approximate surface area is 188 Å². The maximum absolute atomic E-state index is 12.7. The second-order valence-electron chi connectivity index (χ2n) is 8.54. The van der Waals surface area contributed by atoms with Gasteiger partial charge in [0.2, 0.25) is 0 Å². The Morgan fingerprint density at radius 2 is 1.53 bits per heavy atom. The minimum Gasteiger partial charge on any atom is -0.508 e. The Morgan fingerprint density at radius 3 is 2.12 bits per heavy atom. The normalized spacial score (nSPS) is 17.6. The predicted octanol–water partition coefficient (Wildman–Crippen LogP) is 3.54. The van der Waals surface area contributed by atoms with Crippen LogP contribution in [0.15, 0.2) is 48.5 Å². The molecule has 0 aromatic heterocycles. The third kappa shape index (κ3) is 5.02. The first-order chi connectivity index (χ1) is 15.5. The van der Waals surface area contributed by atoms with Crippen molar-refractivity contribution in [3.63, 3.8) is 0 Å². The topological polar surface area (TPSA) is 96.7 Å². The van der Waals surface area contributed by atoms with E-state index in [4.69, 9.17) is 5.26 Å². The van der Waals surface area contributed by atoms with Gasteiger partial charge in [-0.25, -0.2) is 4.79 Å². The van der Waals surface area contributed by atoms with E-state index in [-0.39, 0.29) is 29.5 Å². The van der Waals surface area contributed by atoms with Crippen LogP contribution in [-0.2, 0) is 0 Å². The number of nitrogens with one attached hydrogen (secondary N) is 1. The van der Waals surface area contributed by atoms with Crippen LogP contribution in [0.4, 0.5) is 10.5 Å². The predicted molar refractivity (Wildman–Crippen MR) is 122 cm³/mol. The molecule has 32 heavy (non-hydrogen) atoms. The summed E-state index contributed by atoms with van der Waals surface area (Å²) in [4.78, 5) is 29.5. The minimum absolute atomic E-state index is 0.0441. The first-order valence-corrected chi connectivity index (χ1v) is 11.2. The van der Waals surface area contributed by atoms with E-state index in [1.807, 2.05) is 29.2 Å². The summed E-state index contributed by atoms with van der Waals surface area (Å²) in [5.74, 6) is 0.148. The highest BCUT2D eigenvalue weighted by atomic mass is 16.3. The molecule has 0 atom stereocenters. The number of rotatable bonds is 4. The third-order valence-corrected chi connectivity index (χ3v) is 6.49. The molecule has 7 nitrogen and oxygen atoms in total. The molecule has 0 saturated carbocycles. The highest BCUT2D eigenvalue weighted by Crippen LogP contribution is 2.24. The van der Waals surface area contributed by atoms with E-state index in [1.54, 1.807) is 12.1 Å². The van der Waals surface area contributed by atoms with Gasteiger partial charge in [0.05, 0.1) is 11.6 Å². The molecule has 0 bridgehead atoms. The molecule has 0 spiro atoms. The van der Waals surface area contributed by atoms with E-state index in [0.717, 1.165) is 31.6 Å². The molecule has 0 radical (unpaired) electrons. The maximum atomic E-state index is 12.7. The molecule has 2 heterocycles. The zero-order chi connectivity index (χ0) is 22.5. The lowest BCUT2D eigenvalue weighted by Gasteiger charge is -2.36. The number of urea groups is 1. The molecule has 2 aliphatic rings. The van der Waals surface area contributed by atoms with Gasteiger partial charge < -0.3 is 20.2 Å². The lowest BCUT2D eigenvalue weighted by Crippen LogP contribution is -2.51. The first kappa shape index (κ1) is 21.7. The molecule has 7 heteroatoms.